The van der Waals surface area contributed by atoms with E-state index in [1.165, 1.54) is 6.33 Å². The molecule has 1 N–H and O–H groups in total. The first-order chi connectivity index (χ1) is 6.84. The van der Waals surface area contributed by atoms with Gasteiger partial charge in [0.2, 0.25) is 0 Å². The highest BCUT2D eigenvalue weighted by molar-refractivity contribution is 9.10. The van der Waals surface area contributed by atoms with Crippen molar-refractivity contribution in [2.24, 2.45) is 0 Å². The molecular weight excluding hydrogens is 244 g/mol. The molecule has 0 radical (unpaired) electrons. The highest BCUT2D eigenvalue weighted by atomic mass is 79.9. The third-order valence-electron chi connectivity index (χ3n) is 1.55. The summed E-state index contributed by atoms with van der Waals surface area (Å²) in [4.78, 5) is 11.8. The van der Waals surface area contributed by atoms with Crippen molar-refractivity contribution in [1.29, 1.82) is 0 Å². The molecule has 0 amide bonds. The van der Waals surface area contributed by atoms with Gasteiger partial charge in [0.25, 0.3) is 0 Å². The number of hydrogen-bond donors (Lipinski definition) is 1. The van der Waals surface area contributed by atoms with Crippen molar-refractivity contribution in [3.63, 3.8) is 0 Å². The zero-order valence-corrected chi connectivity index (χ0v) is 8.77. The van der Waals surface area contributed by atoms with Gasteiger partial charge in [-0.15, -0.1) is 0 Å². The molecule has 2 aromatic rings. The van der Waals surface area contributed by atoms with E-state index in [9.17, 15) is 0 Å². The maximum Gasteiger partial charge on any atom is 0.115 e. The summed E-state index contributed by atoms with van der Waals surface area (Å²) in [7, 11) is 0. The first-order valence-electron chi connectivity index (χ1n) is 3.97. The third-order valence-corrected chi connectivity index (χ3v) is 1.99. The molecule has 2 heterocycles. The fourth-order valence-corrected chi connectivity index (χ4v) is 1.38. The Bertz CT molecular complexity index is 418. The van der Waals surface area contributed by atoms with E-state index in [-0.39, 0.29) is 0 Å². The Morgan fingerprint density at radius 2 is 1.64 bits per heavy atom. The average molecular weight is 251 g/mol. The Labute approximate surface area is 89.6 Å². The number of anilines is 2. The predicted octanol–water partition coefficient (Wildman–Crippen LogP) is 2.38. The Morgan fingerprint density at radius 1 is 0.929 bits per heavy atom. The summed E-state index contributed by atoms with van der Waals surface area (Å²) in [5, 5.41) is 3.13. The lowest BCUT2D eigenvalue weighted by atomic mass is 10.4. The van der Waals surface area contributed by atoms with Gasteiger partial charge >= 0.3 is 0 Å². The Morgan fingerprint density at radius 3 is 2.36 bits per heavy atom. The van der Waals surface area contributed by atoms with E-state index in [0.29, 0.717) is 0 Å². The van der Waals surface area contributed by atoms with Crippen molar-refractivity contribution in [1.82, 2.24) is 15.0 Å². The van der Waals surface area contributed by atoms with E-state index in [1.807, 2.05) is 6.07 Å². The van der Waals surface area contributed by atoms with Gasteiger partial charge in [0.1, 0.15) is 6.33 Å². The Kier molecular flexibility index (Phi) is 2.69. The molecule has 0 unspecified atom stereocenters. The van der Waals surface area contributed by atoms with E-state index >= 15 is 0 Å². The summed E-state index contributed by atoms with van der Waals surface area (Å²) in [5.41, 5.74) is 1.74. The zero-order valence-electron chi connectivity index (χ0n) is 7.18. The lowest BCUT2D eigenvalue weighted by Crippen LogP contribution is -1.92. The minimum atomic E-state index is 0.840. The fraction of sp³-hybridized carbons (Fsp3) is 0. The molecule has 5 heteroatoms. The summed E-state index contributed by atoms with van der Waals surface area (Å²) in [6.45, 7) is 0. The molecule has 0 saturated heterocycles. The van der Waals surface area contributed by atoms with E-state index in [2.05, 4.69) is 36.2 Å². The Balaban J connectivity index is 2.19. The normalized spacial score (nSPS) is 9.79. The van der Waals surface area contributed by atoms with Gasteiger partial charge in [-0.1, -0.05) is 0 Å². The van der Waals surface area contributed by atoms with Gasteiger partial charge in [0.15, 0.2) is 0 Å². The van der Waals surface area contributed by atoms with E-state index in [1.54, 1.807) is 24.8 Å². The molecule has 4 nitrogen and oxygen atoms in total. The van der Waals surface area contributed by atoms with Crippen molar-refractivity contribution < 1.29 is 0 Å². The van der Waals surface area contributed by atoms with Crippen LogP contribution in [0.3, 0.4) is 0 Å². The zero-order chi connectivity index (χ0) is 9.80. The van der Waals surface area contributed by atoms with Crippen LogP contribution in [-0.2, 0) is 0 Å². The first-order valence-corrected chi connectivity index (χ1v) is 4.76. The van der Waals surface area contributed by atoms with Gasteiger partial charge in [-0.3, -0.25) is 4.98 Å². The van der Waals surface area contributed by atoms with Gasteiger partial charge in [0.05, 0.1) is 30.0 Å². The molecule has 0 aliphatic rings. The van der Waals surface area contributed by atoms with Crippen molar-refractivity contribution in [2.75, 3.05) is 5.32 Å². The van der Waals surface area contributed by atoms with Crippen LogP contribution in [0.4, 0.5) is 11.4 Å². The number of aromatic nitrogens is 3. The number of nitrogens with zero attached hydrogens (tertiary/aromatic N) is 3. The highest BCUT2D eigenvalue weighted by Crippen LogP contribution is 2.17. The molecule has 0 aliphatic heterocycles. The smallest absolute Gasteiger partial charge is 0.115 e. The monoisotopic (exact) mass is 250 g/mol. The van der Waals surface area contributed by atoms with E-state index in [4.69, 9.17) is 0 Å². The molecule has 0 aliphatic carbocycles. The third kappa shape index (κ3) is 2.26. The van der Waals surface area contributed by atoms with Crippen LogP contribution in [0.25, 0.3) is 0 Å². The second kappa shape index (κ2) is 4.15. The van der Waals surface area contributed by atoms with Crippen LogP contribution in [0.5, 0.6) is 0 Å². The number of hydrogen-bond acceptors (Lipinski definition) is 4. The molecule has 0 fully saturated rings. The molecule has 2 rings (SSSR count). The van der Waals surface area contributed by atoms with Crippen LogP contribution < -0.4 is 5.32 Å². The Hall–Kier alpha value is -1.49. The second-order valence-corrected chi connectivity index (χ2v) is 3.56. The van der Waals surface area contributed by atoms with Crippen molar-refractivity contribution in [2.45, 2.75) is 0 Å². The minimum Gasteiger partial charge on any atom is -0.352 e. The van der Waals surface area contributed by atoms with Crippen molar-refractivity contribution in [3.05, 3.63) is 41.7 Å². The summed E-state index contributed by atoms with van der Waals surface area (Å²) in [6, 6.07) is 1.93. The van der Waals surface area contributed by atoms with Gasteiger partial charge < -0.3 is 5.32 Å². The summed E-state index contributed by atoms with van der Waals surface area (Å²) >= 11 is 3.34. The molecular formula is C9H7BrN4. The van der Waals surface area contributed by atoms with E-state index < -0.39 is 0 Å². The maximum absolute atomic E-state index is 4.03. The number of halogens is 1. The van der Waals surface area contributed by atoms with Crippen molar-refractivity contribution in [3.8, 4) is 0 Å². The van der Waals surface area contributed by atoms with Crippen LogP contribution in [0.1, 0.15) is 0 Å². The van der Waals surface area contributed by atoms with Gasteiger partial charge in [-0.25, -0.2) is 9.97 Å². The first kappa shape index (κ1) is 9.08. The van der Waals surface area contributed by atoms with Gasteiger partial charge in [-0.2, -0.15) is 0 Å². The summed E-state index contributed by atoms with van der Waals surface area (Å²) in [5.74, 6) is 0. The van der Waals surface area contributed by atoms with Crippen LogP contribution in [0.15, 0.2) is 41.7 Å². The molecule has 2 aromatic heterocycles. The molecule has 0 spiro atoms. The molecule has 14 heavy (non-hydrogen) atoms. The highest BCUT2D eigenvalue weighted by Gasteiger charge is 1.95. The maximum atomic E-state index is 4.03. The molecule has 0 bridgehead atoms. The van der Waals surface area contributed by atoms with Gasteiger partial charge in [0, 0.05) is 10.7 Å². The standard InChI is InChI=1S/C9H7BrN4/c10-7-1-8(3-11-2-7)14-9-4-12-6-13-5-9/h1-6,14H. The van der Waals surface area contributed by atoms with Crippen LogP contribution in [0, 0.1) is 0 Å². The predicted molar refractivity (Wildman–Crippen MR) is 57.3 cm³/mol. The summed E-state index contributed by atoms with van der Waals surface area (Å²) < 4.78 is 0.930. The average Bonchev–Trinajstić information content (AvgIpc) is 2.19. The SMILES string of the molecule is Brc1cncc(Nc2cncnc2)c1. The van der Waals surface area contributed by atoms with Crippen LogP contribution in [-0.4, -0.2) is 15.0 Å². The van der Waals surface area contributed by atoms with E-state index in [0.717, 1.165) is 15.8 Å². The quantitative estimate of drug-likeness (QED) is 0.890. The lowest BCUT2D eigenvalue weighted by molar-refractivity contribution is 1.17. The lowest BCUT2D eigenvalue weighted by Gasteiger charge is -2.04. The molecule has 0 aromatic carbocycles. The topological polar surface area (TPSA) is 50.7 Å². The molecule has 0 atom stereocenters. The van der Waals surface area contributed by atoms with Gasteiger partial charge in [-0.05, 0) is 22.0 Å². The fourth-order valence-electron chi connectivity index (χ4n) is 1.01. The molecule has 0 saturated carbocycles. The minimum absolute atomic E-state index is 0.840. The van der Waals surface area contributed by atoms with Crippen LogP contribution >= 0.6 is 15.9 Å². The summed E-state index contributed by atoms with van der Waals surface area (Å²) in [6.07, 6.45) is 8.36. The number of pyridine rings is 1. The number of rotatable bonds is 2. The van der Waals surface area contributed by atoms with Crippen LogP contribution in [0.2, 0.25) is 0 Å². The molecule has 70 valence electrons. The second-order valence-electron chi connectivity index (χ2n) is 2.64. The number of nitrogens with one attached hydrogen (secondary N) is 1. The van der Waals surface area contributed by atoms with Crippen molar-refractivity contribution >= 4 is 27.3 Å². The largest absolute Gasteiger partial charge is 0.352 e.